The molecular weight excluding hydrogens is 465 g/mol. The lowest BCUT2D eigenvalue weighted by Gasteiger charge is -2.19. The summed E-state index contributed by atoms with van der Waals surface area (Å²) in [4.78, 5) is 38.4. The second-order valence-electron chi connectivity index (χ2n) is 8.54. The fourth-order valence-corrected chi connectivity index (χ4v) is 4.63. The van der Waals surface area contributed by atoms with Crippen molar-refractivity contribution >= 4 is 50.3 Å². The number of aryl methyl sites for hydroxylation is 1. The predicted octanol–water partition coefficient (Wildman–Crippen LogP) is 3.45. The van der Waals surface area contributed by atoms with Crippen LogP contribution in [0.4, 0.5) is 15.8 Å². The number of carbonyl (C=O) groups is 1. The van der Waals surface area contributed by atoms with Crippen molar-refractivity contribution in [3.63, 3.8) is 0 Å². The minimum atomic E-state index is -1.33. The highest BCUT2D eigenvalue weighted by molar-refractivity contribution is 6.19. The monoisotopic (exact) mass is 485 g/mol. The molecule has 0 spiro atoms. The van der Waals surface area contributed by atoms with Crippen molar-refractivity contribution in [1.82, 2.24) is 19.5 Å². The number of halogens is 1. The van der Waals surface area contributed by atoms with Crippen molar-refractivity contribution < 1.29 is 14.3 Å². The van der Waals surface area contributed by atoms with Gasteiger partial charge in [-0.15, -0.1) is 0 Å². The summed E-state index contributed by atoms with van der Waals surface area (Å²) in [6.07, 6.45) is 4.41. The molecule has 0 fully saturated rings. The average molecular weight is 485 g/mol. The number of rotatable bonds is 4. The molecule has 4 aromatic heterocycles. The lowest BCUT2D eigenvalue weighted by Crippen LogP contribution is -2.18. The van der Waals surface area contributed by atoms with Gasteiger partial charge in [-0.25, -0.2) is 19.2 Å². The number of anilines is 2. The Hall–Kier alpha value is -4.98. The standard InChI is InChI=1S/C25H20FN7O3/c1-28-17-6-16(26)13(7-27)18-19-21(32(2)3)14(9-29-23(19)31-20(17)18)11-5-12-22(34)15(25(35)36)10-33(4)24(12)30-8-11/h5-6,8-10,28H,1-4H3,(H,29,31)(H,35,36). The maximum absolute atomic E-state index is 14.9. The smallest absolute Gasteiger partial charge is 0.341 e. The Bertz CT molecular complexity index is 1850. The van der Waals surface area contributed by atoms with Crippen molar-refractivity contribution in [2.45, 2.75) is 0 Å². The van der Waals surface area contributed by atoms with Crippen LogP contribution in [0.2, 0.25) is 0 Å². The molecule has 0 saturated carbocycles. The Balaban J connectivity index is 1.92. The van der Waals surface area contributed by atoms with Gasteiger partial charge in [-0.2, -0.15) is 5.26 Å². The summed E-state index contributed by atoms with van der Waals surface area (Å²) in [5, 5.41) is 23.2. The molecule has 0 unspecified atom stereocenters. The van der Waals surface area contributed by atoms with E-state index in [-0.39, 0.29) is 16.5 Å². The van der Waals surface area contributed by atoms with Crippen molar-refractivity contribution in [2.24, 2.45) is 7.05 Å². The number of nitrogens with one attached hydrogen (secondary N) is 2. The molecule has 180 valence electrons. The van der Waals surface area contributed by atoms with Crippen LogP contribution in [-0.4, -0.2) is 51.7 Å². The van der Waals surface area contributed by atoms with Gasteiger partial charge in [-0.05, 0) is 6.07 Å². The topological polar surface area (TPSA) is 140 Å². The van der Waals surface area contributed by atoms with Gasteiger partial charge < -0.3 is 24.9 Å². The second kappa shape index (κ2) is 8.06. The zero-order valence-corrected chi connectivity index (χ0v) is 19.8. The Kier molecular flexibility index (Phi) is 5.10. The van der Waals surface area contributed by atoms with Gasteiger partial charge in [-0.1, -0.05) is 0 Å². The normalized spacial score (nSPS) is 11.2. The lowest BCUT2D eigenvalue weighted by molar-refractivity contribution is 0.0695. The number of carboxylic acids is 1. The van der Waals surface area contributed by atoms with Crippen LogP contribution in [0.15, 0.2) is 35.5 Å². The highest BCUT2D eigenvalue weighted by Crippen LogP contribution is 2.42. The van der Waals surface area contributed by atoms with Crippen LogP contribution in [-0.2, 0) is 7.05 Å². The molecular formula is C25H20FN7O3. The van der Waals surface area contributed by atoms with Crippen molar-refractivity contribution in [3.05, 3.63) is 57.9 Å². The number of fused-ring (bicyclic) bond motifs is 4. The summed E-state index contributed by atoms with van der Waals surface area (Å²) in [6.45, 7) is 0. The summed E-state index contributed by atoms with van der Waals surface area (Å²) >= 11 is 0. The third-order valence-electron chi connectivity index (χ3n) is 6.21. The van der Waals surface area contributed by atoms with E-state index >= 15 is 0 Å². The molecule has 0 aliphatic heterocycles. The molecule has 4 heterocycles. The number of aromatic amines is 1. The third kappa shape index (κ3) is 3.15. The largest absolute Gasteiger partial charge is 0.477 e. The van der Waals surface area contributed by atoms with E-state index in [9.17, 15) is 24.3 Å². The number of H-pyrrole nitrogens is 1. The molecule has 0 amide bonds. The quantitative estimate of drug-likeness (QED) is 0.352. The number of hydrogen-bond donors (Lipinski definition) is 3. The minimum absolute atomic E-state index is 0.117. The third-order valence-corrected chi connectivity index (χ3v) is 6.21. The van der Waals surface area contributed by atoms with Gasteiger partial charge in [0.15, 0.2) is 0 Å². The van der Waals surface area contributed by atoms with E-state index < -0.39 is 17.2 Å². The van der Waals surface area contributed by atoms with Crippen molar-refractivity contribution in [2.75, 3.05) is 31.4 Å². The van der Waals surface area contributed by atoms with Crippen LogP contribution in [0.5, 0.6) is 0 Å². The maximum atomic E-state index is 14.9. The van der Waals surface area contributed by atoms with Crippen LogP contribution in [0.25, 0.3) is 44.1 Å². The van der Waals surface area contributed by atoms with E-state index in [0.717, 1.165) is 0 Å². The highest BCUT2D eigenvalue weighted by Gasteiger charge is 2.24. The molecule has 11 heteroatoms. The summed E-state index contributed by atoms with van der Waals surface area (Å²) in [5.41, 5.74) is 2.38. The predicted molar refractivity (Wildman–Crippen MR) is 135 cm³/mol. The first-order valence-corrected chi connectivity index (χ1v) is 10.8. The van der Waals surface area contributed by atoms with Crippen LogP contribution < -0.4 is 15.6 Å². The molecule has 0 radical (unpaired) electrons. The zero-order chi connectivity index (χ0) is 25.9. The molecule has 1 aromatic carbocycles. The second-order valence-corrected chi connectivity index (χ2v) is 8.54. The molecule has 0 saturated heterocycles. The van der Waals surface area contributed by atoms with Crippen molar-refractivity contribution in [1.29, 1.82) is 5.26 Å². The molecule has 0 aliphatic rings. The fraction of sp³-hybridized carbons (Fsp3) is 0.160. The van der Waals surface area contributed by atoms with E-state index in [0.29, 0.717) is 50.1 Å². The molecule has 0 atom stereocenters. The molecule has 0 bridgehead atoms. The van der Waals surface area contributed by atoms with Crippen LogP contribution in [0.1, 0.15) is 15.9 Å². The van der Waals surface area contributed by atoms with Crippen LogP contribution >= 0.6 is 0 Å². The number of nitriles is 1. The van der Waals surface area contributed by atoms with Gasteiger partial charge in [0.1, 0.15) is 28.7 Å². The minimum Gasteiger partial charge on any atom is -0.477 e. The molecule has 10 nitrogen and oxygen atoms in total. The van der Waals surface area contributed by atoms with Gasteiger partial charge in [0.25, 0.3) is 0 Å². The van der Waals surface area contributed by atoms with E-state index in [1.54, 1.807) is 46.7 Å². The van der Waals surface area contributed by atoms with Gasteiger partial charge in [0, 0.05) is 69.4 Å². The molecule has 36 heavy (non-hydrogen) atoms. The number of aromatic nitrogens is 4. The maximum Gasteiger partial charge on any atom is 0.341 e. The number of nitrogens with zero attached hydrogens (tertiary/aromatic N) is 5. The van der Waals surface area contributed by atoms with Crippen LogP contribution in [0, 0.1) is 17.1 Å². The van der Waals surface area contributed by atoms with Gasteiger partial charge in [0.05, 0.1) is 33.2 Å². The van der Waals surface area contributed by atoms with E-state index in [2.05, 4.69) is 20.3 Å². The zero-order valence-electron chi connectivity index (χ0n) is 19.8. The number of carboxylic acid groups (broad SMARTS) is 1. The number of benzene rings is 1. The Morgan fingerprint density at radius 1 is 1.25 bits per heavy atom. The fourth-order valence-electron chi connectivity index (χ4n) is 4.63. The first-order chi connectivity index (χ1) is 17.2. The molecule has 5 rings (SSSR count). The SMILES string of the molecule is CNc1cc(F)c(C#N)c2c1[nH]c1ncc(-c3cnc4c(c3)c(=O)c(C(=O)O)cn4C)c(N(C)C)c12. The van der Waals surface area contributed by atoms with Crippen molar-refractivity contribution in [3.8, 4) is 17.2 Å². The van der Waals surface area contributed by atoms with Crippen LogP contribution in [0.3, 0.4) is 0 Å². The number of pyridine rings is 3. The van der Waals surface area contributed by atoms with E-state index in [4.69, 9.17) is 0 Å². The van der Waals surface area contributed by atoms with Gasteiger partial charge in [0.2, 0.25) is 5.43 Å². The average Bonchev–Trinajstić information content (AvgIpc) is 3.24. The first kappa shape index (κ1) is 22.8. The summed E-state index contributed by atoms with van der Waals surface area (Å²) in [5.74, 6) is -1.99. The highest BCUT2D eigenvalue weighted by atomic mass is 19.1. The number of aromatic carboxylic acids is 1. The Labute approximate surface area is 203 Å². The van der Waals surface area contributed by atoms with E-state index in [1.807, 2.05) is 11.0 Å². The van der Waals surface area contributed by atoms with Gasteiger partial charge >= 0.3 is 5.97 Å². The first-order valence-electron chi connectivity index (χ1n) is 10.8. The number of hydrogen-bond acceptors (Lipinski definition) is 7. The summed E-state index contributed by atoms with van der Waals surface area (Å²) in [6, 6.07) is 4.80. The Morgan fingerprint density at radius 3 is 2.64 bits per heavy atom. The summed E-state index contributed by atoms with van der Waals surface area (Å²) < 4.78 is 16.4. The van der Waals surface area contributed by atoms with E-state index in [1.165, 1.54) is 16.8 Å². The molecule has 5 aromatic rings. The lowest BCUT2D eigenvalue weighted by atomic mass is 9.99. The summed E-state index contributed by atoms with van der Waals surface area (Å²) in [7, 11) is 6.88. The van der Waals surface area contributed by atoms with Gasteiger partial charge in [-0.3, -0.25) is 4.79 Å². The Morgan fingerprint density at radius 2 is 2.00 bits per heavy atom. The molecule has 3 N–H and O–H groups in total. The molecule has 0 aliphatic carbocycles.